The molecule has 144 valence electrons. The van der Waals surface area contributed by atoms with Crippen molar-refractivity contribution in [1.82, 2.24) is 15.2 Å². The van der Waals surface area contributed by atoms with Gasteiger partial charge < -0.3 is 9.84 Å². The van der Waals surface area contributed by atoms with E-state index < -0.39 is 0 Å². The van der Waals surface area contributed by atoms with Crippen LogP contribution in [0.4, 0.5) is 0 Å². The number of carbonyl (C=O) groups excluding carboxylic acids is 1. The summed E-state index contributed by atoms with van der Waals surface area (Å²) in [6.45, 7) is 4.62. The summed E-state index contributed by atoms with van der Waals surface area (Å²) in [4.78, 5) is 12.2. The minimum absolute atomic E-state index is 0.0310. The van der Waals surface area contributed by atoms with Crippen LogP contribution in [0, 0.1) is 13.8 Å². The number of phenols is 1. The lowest BCUT2D eigenvalue weighted by molar-refractivity contribution is 0.0955. The Morgan fingerprint density at radius 3 is 2.64 bits per heavy atom. The molecule has 2 aromatic carbocycles. The van der Waals surface area contributed by atoms with Crippen molar-refractivity contribution >= 4 is 12.1 Å². The number of rotatable bonds is 6. The highest BCUT2D eigenvalue weighted by Gasteiger charge is 2.07. The standard InChI is InChI=1S/C21H22N4O3/c1-14-11-15(2)25(24-14)13-16-7-9-17(10-8-16)21(27)23-22-12-18-5-4-6-19(28-3)20(18)26/h4-12,26H,13H2,1-3H3,(H,23,27)/b22-12-. The lowest BCUT2D eigenvalue weighted by Gasteiger charge is -2.06. The molecule has 28 heavy (non-hydrogen) atoms. The van der Waals surface area contributed by atoms with Gasteiger partial charge in [-0.05, 0) is 49.7 Å². The number of hydrazone groups is 1. The minimum Gasteiger partial charge on any atom is -0.504 e. The Bertz CT molecular complexity index is 1010. The molecule has 2 N–H and O–H groups in total. The third kappa shape index (κ3) is 4.37. The number of carbonyl (C=O) groups is 1. The quantitative estimate of drug-likeness (QED) is 0.510. The smallest absolute Gasteiger partial charge is 0.271 e. The molecule has 0 saturated heterocycles. The highest BCUT2D eigenvalue weighted by atomic mass is 16.5. The molecule has 0 saturated carbocycles. The van der Waals surface area contributed by atoms with Crippen LogP contribution >= 0.6 is 0 Å². The van der Waals surface area contributed by atoms with E-state index in [4.69, 9.17) is 4.74 Å². The SMILES string of the molecule is COc1cccc(/C=N\NC(=O)c2ccc(Cn3nc(C)cc3C)cc2)c1O. The zero-order valence-electron chi connectivity index (χ0n) is 16.0. The zero-order valence-corrected chi connectivity index (χ0v) is 16.0. The van der Waals surface area contributed by atoms with E-state index in [1.165, 1.54) is 13.3 Å². The first-order chi connectivity index (χ1) is 13.5. The van der Waals surface area contributed by atoms with Gasteiger partial charge in [-0.1, -0.05) is 18.2 Å². The van der Waals surface area contributed by atoms with E-state index in [-0.39, 0.29) is 11.7 Å². The number of nitrogens with zero attached hydrogens (tertiary/aromatic N) is 3. The number of ether oxygens (including phenoxy) is 1. The van der Waals surface area contributed by atoms with Crippen LogP contribution in [0.5, 0.6) is 11.5 Å². The van der Waals surface area contributed by atoms with E-state index in [1.807, 2.05) is 36.7 Å². The minimum atomic E-state index is -0.337. The normalized spacial score (nSPS) is 11.0. The van der Waals surface area contributed by atoms with E-state index >= 15 is 0 Å². The summed E-state index contributed by atoms with van der Waals surface area (Å²) in [5.74, 6) is -0.0266. The van der Waals surface area contributed by atoms with Crippen molar-refractivity contribution < 1.29 is 14.6 Å². The maximum atomic E-state index is 12.2. The van der Waals surface area contributed by atoms with Crippen LogP contribution in [0.3, 0.4) is 0 Å². The Labute approximate surface area is 163 Å². The number of methoxy groups -OCH3 is 1. The molecule has 0 aliphatic rings. The van der Waals surface area contributed by atoms with Gasteiger partial charge in [0.25, 0.3) is 5.91 Å². The molecule has 0 aliphatic carbocycles. The second-order valence-corrected chi connectivity index (χ2v) is 6.38. The highest BCUT2D eigenvalue weighted by Crippen LogP contribution is 2.27. The Balaban J connectivity index is 1.63. The van der Waals surface area contributed by atoms with Gasteiger partial charge in [0, 0.05) is 16.8 Å². The predicted octanol–water partition coefficient (Wildman–Crippen LogP) is 3.03. The van der Waals surface area contributed by atoms with E-state index in [0.29, 0.717) is 23.4 Å². The maximum Gasteiger partial charge on any atom is 0.271 e. The lowest BCUT2D eigenvalue weighted by atomic mass is 10.1. The van der Waals surface area contributed by atoms with Crippen molar-refractivity contribution in [2.45, 2.75) is 20.4 Å². The van der Waals surface area contributed by atoms with Crippen molar-refractivity contribution in [3.8, 4) is 11.5 Å². The summed E-state index contributed by atoms with van der Waals surface area (Å²) in [6, 6.07) is 14.3. The molecule has 1 aromatic heterocycles. The molecule has 0 atom stereocenters. The number of aryl methyl sites for hydroxylation is 2. The van der Waals surface area contributed by atoms with Crippen LogP contribution in [0.1, 0.15) is 32.9 Å². The van der Waals surface area contributed by atoms with Gasteiger partial charge in [0.15, 0.2) is 11.5 Å². The van der Waals surface area contributed by atoms with Crippen LogP contribution in [-0.4, -0.2) is 34.1 Å². The Hall–Kier alpha value is -3.61. The Morgan fingerprint density at radius 2 is 2.00 bits per heavy atom. The molecule has 0 bridgehead atoms. The number of hydrogen-bond donors (Lipinski definition) is 2. The molecule has 0 spiro atoms. The van der Waals surface area contributed by atoms with Crippen molar-refractivity contribution in [2.75, 3.05) is 7.11 Å². The van der Waals surface area contributed by atoms with Crippen molar-refractivity contribution in [3.05, 3.63) is 76.6 Å². The fraction of sp³-hybridized carbons (Fsp3) is 0.190. The third-order valence-corrected chi connectivity index (χ3v) is 4.27. The predicted molar refractivity (Wildman–Crippen MR) is 107 cm³/mol. The van der Waals surface area contributed by atoms with Crippen LogP contribution in [0.15, 0.2) is 53.6 Å². The molecule has 7 heteroatoms. The van der Waals surface area contributed by atoms with E-state index in [9.17, 15) is 9.90 Å². The highest BCUT2D eigenvalue weighted by molar-refractivity contribution is 5.95. The summed E-state index contributed by atoms with van der Waals surface area (Å²) in [5.41, 5.74) is 6.51. The number of amides is 1. The van der Waals surface area contributed by atoms with Gasteiger partial charge >= 0.3 is 0 Å². The van der Waals surface area contributed by atoms with Crippen molar-refractivity contribution in [3.63, 3.8) is 0 Å². The number of aromatic hydroxyl groups is 1. The lowest BCUT2D eigenvalue weighted by Crippen LogP contribution is -2.17. The second kappa shape index (κ2) is 8.39. The monoisotopic (exact) mass is 378 g/mol. The van der Waals surface area contributed by atoms with E-state index in [1.54, 1.807) is 30.3 Å². The molecule has 1 heterocycles. The first-order valence-corrected chi connectivity index (χ1v) is 8.77. The molecule has 0 radical (unpaired) electrons. The third-order valence-electron chi connectivity index (χ3n) is 4.27. The van der Waals surface area contributed by atoms with Crippen molar-refractivity contribution in [2.24, 2.45) is 5.10 Å². The zero-order chi connectivity index (χ0) is 20.1. The molecular formula is C21H22N4O3. The van der Waals surface area contributed by atoms with E-state index in [2.05, 4.69) is 15.6 Å². The van der Waals surface area contributed by atoms with Crippen LogP contribution in [-0.2, 0) is 6.54 Å². The van der Waals surface area contributed by atoms with Gasteiger partial charge in [0.2, 0.25) is 0 Å². The number of nitrogens with one attached hydrogen (secondary N) is 1. The number of phenolic OH excluding ortho intramolecular Hbond substituents is 1. The number of benzene rings is 2. The molecule has 7 nitrogen and oxygen atoms in total. The summed E-state index contributed by atoms with van der Waals surface area (Å²) in [6.07, 6.45) is 1.37. The van der Waals surface area contributed by atoms with Crippen LogP contribution in [0.2, 0.25) is 0 Å². The molecule has 0 unspecified atom stereocenters. The van der Waals surface area contributed by atoms with Gasteiger partial charge in [-0.15, -0.1) is 0 Å². The molecule has 3 rings (SSSR count). The molecule has 3 aromatic rings. The van der Waals surface area contributed by atoms with Crippen molar-refractivity contribution in [1.29, 1.82) is 0 Å². The molecular weight excluding hydrogens is 356 g/mol. The summed E-state index contributed by atoms with van der Waals surface area (Å²) in [7, 11) is 1.47. The Morgan fingerprint density at radius 1 is 1.25 bits per heavy atom. The van der Waals surface area contributed by atoms with Gasteiger partial charge in [-0.25, -0.2) is 5.43 Å². The summed E-state index contributed by atoms with van der Waals surface area (Å²) >= 11 is 0. The van der Waals surface area contributed by atoms with Gasteiger partial charge in [-0.3, -0.25) is 9.48 Å². The number of aromatic nitrogens is 2. The summed E-state index contributed by atoms with van der Waals surface area (Å²) in [5, 5.41) is 18.4. The molecule has 1 amide bonds. The van der Waals surface area contributed by atoms with Gasteiger partial charge in [0.1, 0.15) is 0 Å². The topological polar surface area (TPSA) is 88.7 Å². The largest absolute Gasteiger partial charge is 0.504 e. The average Bonchev–Trinajstić information content (AvgIpc) is 3.00. The van der Waals surface area contributed by atoms with E-state index in [0.717, 1.165) is 17.0 Å². The first-order valence-electron chi connectivity index (χ1n) is 8.77. The second-order valence-electron chi connectivity index (χ2n) is 6.38. The Kier molecular flexibility index (Phi) is 5.74. The number of para-hydroxylation sites is 1. The summed E-state index contributed by atoms with van der Waals surface area (Å²) < 4.78 is 6.97. The average molecular weight is 378 g/mol. The fourth-order valence-electron chi connectivity index (χ4n) is 2.80. The fourth-order valence-corrected chi connectivity index (χ4v) is 2.80. The maximum absolute atomic E-state index is 12.2. The van der Waals surface area contributed by atoms with Gasteiger partial charge in [-0.2, -0.15) is 10.2 Å². The van der Waals surface area contributed by atoms with Crippen LogP contribution in [0.25, 0.3) is 0 Å². The first kappa shape index (κ1) is 19.2. The van der Waals surface area contributed by atoms with Crippen LogP contribution < -0.4 is 10.2 Å². The number of hydrogen-bond acceptors (Lipinski definition) is 5. The van der Waals surface area contributed by atoms with Gasteiger partial charge in [0.05, 0.1) is 25.6 Å². The molecule has 0 fully saturated rings. The molecule has 0 aliphatic heterocycles.